The van der Waals surface area contributed by atoms with Crippen LogP contribution in [0.3, 0.4) is 0 Å². The average Bonchev–Trinajstić information content (AvgIpc) is 3.41. The number of rotatable bonds is 5. The Morgan fingerprint density at radius 3 is 2.51 bits per heavy atom. The molecule has 0 radical (unpaired) electrons. The molecule has 2 aromatic heterocycles. The Labute approximate surface area is 228 Å². The molecular formula is C31H33N5O3. The Bertz CT molecular complexity index is 1510. The third kappa shape index (κ3) is 5.88. The van der Waals surface area contributed by atoms with Gasteiger partial charge in [-0.05, 0) is 52.7 Å². The van der Waals surface area contributed by atoms with Crippen LogP contribution in [0.2, 0.25) is 0 Å². The van der Waals surface area contributed by atoms with Gasteiger partial charge in [0.05, 0.1) is 29.6 Å². The van der Waals surface area contributed by atoms with Gasteiger partial charge in [0.15, 0.2) is 0 Å². The van der Waals surface area contributed by atoms with Crippen molar-refractivity contribution in [1.29, 1.82) is 5.26 Å². The number of carbonyl (C=O) groups is 1. The summed E-state index contributed by atoms with van der Waals surface area (Å²) in [5.74, 6) is 0.586. The molecule has 4 aromatic rings. The summed E-state index contributed by atoms with van der Waals surface area (Å²) in [5.41, 5.74) is 5.36. The highest BCUT2D eigenvalue weighted by molar-refractivity contribution is 5.81. The molecule has 1 fully saturated rings. The molecule has 0 spiro atoms. The SMILES string of the molecule is Cc1ccc(-c2c(-c3ccc(C#N)cc3)nc(OC[C@@H]3CCCN(C(=O)OC(C)(C)C)C3)c3nccn23)cc1. The fourth-order valence-electron chi connectivity index (χ4n) is 4.84. The number of fused-ring (bicyclic) bond motifs is 1. The molecule has 8 nitrogen and oxygen atoms in total. The van der Waals surface area contributed by atoms with Crippen molar-refractivity contribution < 1.29 is 14.3 Å². The van der Waals surface area contributed by atoms with Crippen LogP contribution in [0.5, 0.6) is 5.88 Å². The molecule has 1 aliphatic rings. The summed E-state index contributed by atoms with van der Waals surface area (Å²) in [5, 5.41) is 9.29. The Balaban J connectivity index is 1.47. The number of imidazole rings is 1. The quantitative estimate of drug-likeness (QED) is 0.306. The Morgan fingerprint density at radius 1 is 1.10 bits per heavy atom. The monoisotopic (exact) mass is 523 g/mol. The smallest absolute Gasteiger partial charge is 0.410 e. The number of nitriles is 1. The number of ether oxygens (including phenoxy) is 2. The van der Waals surface area contributed by atoms with Crippen LogP contribution in [0.1, 0.15) is 44.7 Å². The van der Waals surface area contributed by atoms with Crippen LogP contribution in [0.25, 0.3) is 28.2 Å². The summed E-state index contributed by atoms with van der Waals surface area (Å²) >= 11 is 0. The van der Waals surface area contributed by atoms with E-state index in [0.717, 1.165) is 35.4 Å². The van der Waals surface area contributed by atoms with Crippen molar-refractivity contribution in [2.45, 2.75) is 46.1 Å². The molecule has 8 heteroatoms. The number of nitrogens with zero attached hydrogens (tertiary/aromatic N) is 5. The Kier molecular flexibility index (Phi) is 7.25. The van der Waals surface area contributed by atoms with E-state index in [9.17, 15) is 10.1 Å². The molecule has 1 aliphatic heterocycles. The lowest BCUT2D eigenvalue weighted by Crippen LogP contribution is -2.44. The first-order valence-electron chi connectivity index (χ1n) is 13.3. The third-order valence-corrected chi connectivity index (χ3v) is 6.75. The second-order valence-electron chi connectivity index (χ2n) is 11.0. The van der Waals surface area contributed by atoms with E-state index in [0.29, 0.717) is 36.8 Å². The van der Waals surface area contributed by atoms with Crippen molar-refractivity contribution in [2.75, 3.05) is 19.7 Å². The average molecular weight is 524 g/mol. The maximum atomic E-state index is 12.6. The third-order valence-electron chi connectivity index (χ3n) is 6.75. The van der Waals surface area contributed by atoms with E-state index in [1.54, 1.807) is 23.2 Å². The van der Waals surface area contributed by atoms with Gasteiger partial charge < -0.3 is 14.4 Å². The minimum absolute atomic E-state index is 0.151. The lowest BCUT2D eigenvalue weighted by molar-refractivity contribution is 0.0138. The van der Waals surface area contributed by atoms with Gasteiger partial charge in [0.2, 0.25) is 5.65 Å². The number of aromatic nitrogens is 3. The van der Waals surface area contributed by atoms with Gasteiger partial charge in [-0.3, -0.25) is 4.40 Å². The molecule has 0 aliphatic carbocycles. The number of aryl methyl sites for hydroxylation is 1. The predicted octanol–water partition coefficient (Wildman–Crippen LogP) is 6.27. The summed E-state index contributed by atoms with van der Waals surface area (Å²) in [7, 11) is 0. The van der Waals surface area contributed by atoms with Crippen LogP contribution in [0.4, 0.5) is 4.79 Å². The highest BCUT2D eigenvalue weighted by atomic mass is 16.6. The van der Waals surface area contributed by atoms with Gasteiger partial charge in [-0.25, -0.2) is 14.8 Å². The Morgan fingerprint density at radius 2 is 1.82 bits per heavy atom. The zero-order chi connectivity index (χ0) is 27.6. The van der Waals surface area contributed by atoms with Gasteiger partial charge in [0, 0.05) is 42.5 Å². The second-order valence-corrected chi connectivity index (χ2v) is 11.0. The van der Waals surface area contributed by atoms with Gasteiger partial charge in [0.25, 0.3) is 5.88 Å². The summed E-state index contributed by atoms with van der Waals surface area (Å²) < 4.78 is 13.9. The topological polar surface area (TPSA) is 92.8 Å². The van der Waals surface area contributed by atoms with Gasteiger partial charge in [-0.1, -0.05) is 42.0 Å². The molecule has 0 unspecified atom stereocenters. The van der Waals surface area contributed by atoms with Crippen LogP contribution in [0, 0.1) is 24.2 Å². The second kappa shape index (κ2) is 10.8. The summed E-state index contributed by atoms with van der Waals surface area (Å²) in [6.07, 6.45) is 5.22. The van der Waals surface area contributed by atoms with Crippen molar-refractivity contribution in [3.8, 4) is 34.5 Å². The number of piperidine rings is 1. The lowest BCUT2D eigenvalue weighted by Gasteiger charge is -2.34. The van der Waals surface area contributed by atoms with Crippen LogP contribution >= 0.6 is 0 Å². The number of amides is 1. The highest BCUT2D eigenvalue weighted by Gasteiger charge is 2.28. The van der Waals surface area contributed by atoms with Crippen molar-refractivity contribution in [2.24, 2.45) is 5.92 Å². The van der Waals surface area contributed by atoms with Crippen LogP contribution < -0.4 is 4.74 Å². The van der Waals surface area contributed by atoms with Gasteiger partial charge in [-0.15, -0.1) is 0 Å². The highest BCUT2D eigenvalue weighted by Crippen LogP contribution is 2.35. The first-order chi connectivity index (χ1) is 18.7. The maximum Gasteiger partial charge on any atom is 0.410 e. The summed E-state index contributed by atoms with van der Waals surface area (Å²) in [4.78, 5) is 24.0. The van der Waals surface area contributed by atoms with E-state index in [2.05, 4.69) is 42.2 Å². The number of hydrogen-bond donors (Lipinski definition) is 0. The molecule has 1 saturated heterocycles. The van der Waals surface area contributed by atoms with E-state index in [1.807, 2.05) is 43.5 Å². The molecular weight excluding hydrogens is 490 g/mol. The van der Waals surface area contributed by atoms with Crippen LogP contribution in [-0.4, -0.2) is 50.7 Å². The standard InChI is InChI=1S/C31H33N5O3/c1-21-7-11-25(12-8-21)27-26(24-13-9-22(18-32)10-14-24)34-29(28-33-15-17-36(27)28)38-20-23-6-5-16-35(19-23)30(37)39-31(2,3)4/h7-15,17,23H,5-6,16,19-20H2,1-4H3/t23-/m1/s1. The number of likely N-dealkylation sites (tertiary alicyclic amines) is 1. The zero-order valence-electron chi connectivity index (χ0n) is 22.8. The minimum atomic E-state index is -0.530. The summed E-state index contributed by atoms with van der Waals surface area (Å²) in [6, 6.07) is 17.9. The fourth-order valence-corrected chi connectivity index (χ4v) is 4.84. The van der Waals surface area contributed by atoms with Crippen molar-refractivity contribution in [1.82, 2.24) is 19.3 Å². The van der Waals surface area contributed by atoms with E-state index in [1.165, 1.54) is 5.56 Å². The van der Waals surface area contributed by atoms with E-state index in [-0.39, 0.29) is 12.0 Å². The molecule has 0 bridgehead atoms. The number of benzene rings is 2. The molecule has 1 amide bonds. The van der Waals surface area contributed by atoms with Crippen LogP contribution in [0.15, 0.2) is 60.9 Å². The van der Waals surface area contributed by atoms with E-state index in [4.69, 9.17) is 14.5 Å². The molecule has 1 atom stereocenters. The first kappa shape index (κ1) is 26.2. The van der Waals surface area contributed by atoms with Gasteiger partial charge in [-0.2, -0.15) is 5.26 Å². The predicted molar refractivity (Wildman–Crippen MR) is 149 cm³/mol. The molecule has 39 heavy (non-hydrogen) atoms. The van der Waals surface area contributed by atoms with Gasteiger partial charge in [0.1, 0.15) is 5.60 Å². The molecule has 0 N–H and O–H groups in total. The first-order valence-corrected chi connectivity index (χ1v) is 13.3. The van der Waals surface area contributed by atoms with E-state index >= 15 is 0 Å². The van der Waals surface area contributed by atoms with Crippen molar-refractivity contribution >= 4 is 11.7 Å². The van der Waals surface area contributed by atoms with Crippen LogP contribution in [-0.2, 0) is 4.74 Å². The largest absolute Gasteiger partial charge is 0.475 e. The lowest BCUT2D eigenvalue weighted by atomic mass is 9.99. The molecule has 200 valence electrons. The van der Waals surface area contributed by atoms with Crippen molar-refractivity contribution in [3.63, 3.8) is 0 Å². The normalized spacial score (nSPS) is 15.7. The zero-order valence-corrected chi connectivity index (χ0v) is 22.8. The number of hydrogen-bond acceptors (Lipinski definition) is 6. The number of carbonyl (C=O) groups excluding carboxylic acids is 1. The fraction of sp³-hybridized carbons (Fsp3) is 0.355. The van der Waals surface area contributed by atoms with E-state index < -0.39 is 5.60 Å². The van der Waals surface area contributed by atoms with Crippen molar-refractivity contribution in [3.05, 3.63) is 72.1 Å². The molecule has 3 heterocycles. The molecule has 2 aromatic carbocycles. The molecule has 5 rings (SSSR count). The van der Waals surface area contributed by atoms with Gasteiger partial charge >= 0.3 is 6.09 Å². The molecule has 0 saturated carbocycles. The maximum absolute atomic E-state index is 12.6. The minimum Gasteiger partial charge on any atom is -0.475 e. The Hall–Kier alpha value is -4.38. The summed E-state index contributed by atoms with van der Waals surface area (Å²) in [6.45, 7) is 9.35.